The molecule has 0 bridgehead atoms. The summed E-state index contributed by atoms with van der Waals surface area (Å²) in [4.78, 5) is 2.12. The van der Waals surface area contributed by atoms with E-state index in [-0.39, 0.29) is 15.6 Å². The normalized spacial score (nSPS) is 15.4. The molecule has 0 saturated carbocycles. The van der Waals surface area contributed by atoms with E-state index in [1.807, 2.05) is 0 Å². The van der Waals surface area contributed by atoms with E-state index in [0.717, 1.165) is 38.3 Å². The highest BCUT2D eigenvalue weighted by Gasteiger charge is 2.26. The molecule has 0 atom stereocenters. The summed E-state index contributed by atoms with van der Waals surface area (Å²) >= 11 is 18.0. The quantitative estimate of drug-likeness (QED) is 0.549. The van der Waals surface area contributed by atoms with Gasteiger partial charge in [-0.2, -0.15) is 12.2 Å². The molecule has 1 aliphatic rings. The van der Waals surface area contributed by atoms with Crippen molar-refractivity contribution >= 4 is 62.1 Å². The van der Waals surface area contributed by atoms with Crippen LogP contribution in [0.25, 0.3) is 0 Å². The van der Waals surface area contributed by atoms with Crippen molar-refractivity contribution in [2.24, 2.45) is 0 Å². The van der Waals surface area contributed by atoms with Gasteiger partial charge in [-0.1, -0.05) is 23.2 Å². The Labute approximate surface area is 173 Å². The predicted molar refractivity (Wildman–Crippen MR) is 113 cm³/mol. The molecule has 27 heavy (non-hydrogen) atoms. The van der Waals surface area contributed by atoms with Crippen LogP contribution in [0.1, 0.15) is 6.42 Å². The highest BCUT2D eigenvalue weighted by atomic mass is 35.5. The molecule has 1 fully saturated rings. The minimum absolute atomic E-state index is 0.0160. The van der Waals surface area contributed by atoms with Crippen LogP contribution in [-0.2, 0) is 10.0 Å². The summed E-state index contributed by atoms with van der Waals surface area (Å²) in [5.74, 6) is 0. The van der Waals surface area contributed by atoms with Gasteiger partial charge in [-0.15, -0.1) is 0 Å². The first kappa shape index (κ1) is 20.4. The molecule has 0 aromatic heterocycles. The first-order chi connectivity index (χ1) is 12.8. The fourth-order valence-electron chi connectivity index (χ4n) is 2.91. The molecule has 6 nitrogen and oxygen atoms in total. The lowest BCUT2D eigenvalue weighted by atomic mass is 10.2. The van der Waals surface area contributed by atoms with Gasteiger partial charge in [0.1, 0.15) is 0 Å². The molecule has 3 N–H and O–H groups in total. The van der Waals surface area contributed by atoms with Crippen LogP contribution in [0.3, 0.4) is 0 Å². The fourth-order valence-corrected chi connectivity index (χ4v) is 5.01. The summed E-state index contributed by atoms with van der Waals surface area (Å²) in [6.07, 6.45) is 0.990. The van der Waals surface area contributed by atoms with Gasteiger partial charge in [0.25, 0.3) is 10.0 Å². The van der Waals surface area contributed by atoms with E-state index in [1.165, 1.54) is 30.3 Å². The highest BCUT2D eigenvalue weighted by Crippen LogP contribution is 2.35. The summed E-state index contributed by atoms with van der Waals surface area (Å²) in [6.45, 7) is 3.46. The monoisotopic (exact) mass is 448 g/mol. The first-order valence-electron chi connectivity index (χ1n) is 8.32. The van der Waals surface area contributed by atoms with E-state index < -0.39 is 10.0 Å². The molecule has 1 heterocycles. The van der Waals surface area contributed by atoms with Crippen LogP contribution in [0, 0.1) is 0 Å². The Hall–Kier alpha value is -1.38. The molecule has 2 aromatic carbocycles. The molecule has 2 aromatic rings. The number of hydrogen-bond acceptors (Lipinski definition) is 5. The maximum atomic E-state index is 12.9. The average Bonchev–Trinajstić information content (AvgIpc) is 2.90. The van der Waals surface area contributed by atoms with E-state index in [2.05, 4.69) is 10.2 Å². The van der Waals surface area contributed by atoms with E-state index in [0.29, 0.717) is 14.5 Å². The number of nitrogens with zero attached hydrogens (tertiary/aromatic N) is 2. The Morgan fingerprint density at radius 3 is 2.56 bits per heavy atom. The van der Waals surface area contributed by atoms with Crippen molar-refractivity contribution in [3.05, 3.63) is 46.4 Å². The number of benzene rings is 2. The second kappa shape index (κ2) is 8.32. The first-order valence-corrected chi connectivity index (χ1v) is 10.9. The number of nitrogens with two attached hydrogens (primary N) is 1. The molecular weight excluding hydrogens is 431 g/mol. The Balaban J connectivity index is 1.91. The number of nitrogens with one attached hydrogen (secondary N) is 1. The van der Waals surface area contributed by atoms with Crippen molar-refractivity contribution in [2.75, 3.05) is 40.6 Å². The molecule has 0 spiro atoms. The van der Waals surface area contributed by atoms with Crippen LogP contribution in [0.2, 0.25) is 10.0 Å². The minimum atomic E-state index is -4.04. The zero-order chi connectivity index (χ0) is 19.6. The standard InChI is InChI=1S/C17H19Cl3N4O2S/c18-12-2-4-16(14(19)10-12)24(20)27(25,26)13-3-5-17(15(21)11-13)23-8-1-6-22-7-9-23/h2-5,10-11,22H,1,6-9,21H2. The number of anilines is 3. The van der Waals surface area contributed by atoms with Crippen LogP contribution < -0.4 is 19.8 Å². The average molecular weight is 450 g/mol. The van der Waals surface area contributed by atoms with Crippen molar-refractivity contribution in [1.82, 2.24) is 5.32 Å². The number of halogens is 3. The lowest BCUT2D eigenvalue weighted by Crippen LogP contribution is -2.28. The summed E-state index contributed by atoms with van der Waals surface area (Å²) < 4.78 is 26.4. The van der Waals surface area contributed by atoms with Gasteiger partial charge in [0.05, 0.1) is 27.0 Å². The van der Waals surface area contributed by atoms with Gasteiger partial charge < -0.3 is 16.0 Å². The summed E-state index contributed by atoms with van der Waals surface area (Å²) in [5, 5.41) is 3.83. The van der Waals surface area contributed by atoms with Crippen LogP contribution in [0.4, 0.5) is 17.1 Å². The number of rotatable bonds is 4. The Morgan fingerprint density at radius 2 is 1.85 bits per heavy atom. The van der Waals surface area contributed by atoms with E-state index in [1.54, 1.807) is 6.07 Å². The molecule has 0 radical (unpaired) electrons. The molecule has 0 aliphatic carbocycles. The zero-order valence-electron chi connectivity index (χ0n) is 14.3. The second-order valence-electron chi connectivity index (χ2n) is 6.13. The Kier molecular flexibility index (Phi) is 6.28. The fraction of sp³-hybridized carbons (Fsp3) is 0.294. The lowest BCUT2D eigenvalue weighted by molar-refractivity contribution is 0.598. The van der Waals surface area contributed by atoms with Gasteiger partial charge in [0, 0.05) is 36.4 Å². The van der Waals surface area contributed by atoms with Crippen LogP contribution >= 0.6 is 35.0 Å². The summed E-state index contributed by atoms with van der Waals surface area (Å²) in [5.41, 5.74) is 7.46. The molecule has 10 heteroatoms. The van der Waals surface area contributed by atoms with Crippen molar-refractivity contribution in [1.29, 1.82) is 0 Å². The van der Waals surface area contributed by atoms with Gasteiger partial charge in [-0.05, 0) is 49.4 Å². The van der Waals surface area contributed by atoms with E-state index in [9.17, 15) is 8.42 Å². The summed E-state index contributed by atoms with van der Waals surface area (Å²) in [7, 11) is -4.04. The van der Waals surface area contributed by atoms with Gasteiger partial charge in [0.2, 0.25) is 0 Å². The highest BCUT2D eigenvalue weighted by molar-refractivity contribution is 7.94. The van der Waals surface area contributed by atoms with E-state index in [4.69, 9.17) is 40.7 Å². The van der Waals surface area contributed by atoms with E-state index >= 15 is 0 Å². The van der Waals surface area contributed by atoms with Crippen LogP contribution in [0.5, 0.6) is 0 Å². The molecule has 3 rings (SSSR count). The van der Waals surface area contributed by atoms with Crippen molar-refractivity contribution in [3.8, 4) is 0 Å². The Bertz CT molecular complexity index is 932. The maximum absolute atomic E-state index is 12.9. The maximum Gasteiger partial charge on any atom is 0.278 e. The third kappa shape index (κ3) is 4.38. The molecule has 146 valence electrons. The van der Waals surface area contributed by atoms with Crippen molar-refractivity contribution in [3.63, 3.8) is 0 Å². The number of hydrogen-bond donors (Lipinski definition) is 2. The van der Waals surface area contributed by atoms with Crippen molar-refractivity contribution in [2.45, 2.75) is 11.3 Å². The number of sulfonamides is 1. The molecule has 0 unspecified atom stereocenters. The van der Waals surface area contributed by atoms with Crippen LogP contribution in [0.15, 0.2) is 41.3 Å². The zero-order valence-corrected chi connectivity index (χ0v) is 17.4. The lowest BCUT2D eigenvalue weighted by Gasteiger charge is -2.25. The smallest absolute Gasteiger partial charge is 0.278 e. The third-order valence-corrected chi connectivity index (χ3v) is 7.02. The molecular formula is C17H19Cl3N4O2S. The van der Waals surface area contributed by atoms with Gasteiger partial charge >= 0.3 is 0 Å². The SMILES string of the molecule is Nc1cc(S(=O)(=O)N(Cl)c2ccc(Cl)cc2Cl)ccc1N1CCCNCC1. The van der Waals surface area contributed by atoms with Crippen LogP contribution in [-0.4, -0.2) is 34.6 Å². The predicted octanol–water partition coefficient (Wildman–Crippen LogP) is 3.72. The third-order valence-electron chi connectivity index (χ3n) is 4.29. The second-order valence-corrected chi connectivity index (χ2v) is 9.30. The molecule has 1 aliphatic heterocycles. The molecule has 0 amide bonds. The topological polar surface area (TPSA) is 78.7 Å². The summed E-state index contributed by atoms with van der Waals surface area (Å²) in [6, 6.07) is 9.01. The van der Waals surface area contributed by atoms with Gasteiger partial charge in [-0.25, -0.2) is 0 Å². The van der Waals surface area contributed by atoms with Crippen molar-refractivity contribution < 1.29 is 8.42 Å². The minimum Gasteiger partial charge on any atom is -0.397 e. The number of nitrogen functional groups attached to an aromatic ring is 1. The Morgan fingerprint density at radius 1 is 1.07 bits per heavy atom. The van der Waals surface area contributed by atoms with Gasteiger partial charge in [-0.3, -0.25) is 0 Å². The van der Waals surface area contributed by atoms with Gasteiger partial charge in [0.15, 0.2) is 0 Å². The largest absolute Gasteiger partial charge is 0.397 e. The molecule has 1 saturated heterocycles.